The molecule has 1 heterocycles. The maximum atomic E-state index is 12.0. The van der Waals surface area contributed by atoms with E-state index in [0.29, 0.717) is 12.8 Å². The smallest absolute Gasteiger partial charge is 0.417 e. The van der Waals surface area contributed by atoms with Crippen molar-refractivity contribution < 1.29 is 19.1 Å². The molecule has 17 heavy (non-hydrogen) atoms. The maximum absolute atomic E-state index is 12.0. The summed E-state index contributed by atoms with van der Waals surface area (Å²) >= 11 is 0. The van der Waals surface area contributed by atoms with E-state index in [9.17, 15) is 14.4 Å². The third-order valence-corrected chi connectivity index (χ3v) is 3.27. The molecule has 1 aliphatic carbocycles. The van der Waals surface area contributed by atoms with E-state index < -0.39 is 23.1 Å². The Kier molecular flexibility index (Phi) is 2.52. The fraction of sp³-hybridized carbons (Fsp3) is 0.750. The molecule has 94 valence electrons. The SMILES string of the molecule is CC(C)(C)OC(=O)N1C(=O)CC(=O)C12CCC2. The van der Waals surface area contributed by atoms with Gasteiger partial charge in [0.25, 0.3) is 0 Å². The molecule has 1 saturated heterocycles. The standard InChI is InChI=1S/C12H17NO4/c1-11(2,3)17-10(16)13-9(15)7-8(14)12(13)5-4-6-12/h4-7H2,1-3H3. The van der Waals surface area contributed by atoms with Crippen LogP contribution < -0.4 is 0 Å². The quantitative estimate of drug-likeness (QED) is 0.603. The first kappa shape index (κ1) is 12.1. The highest BCUT2D eigenvalue weighted by atomic mass is 16.6. The Morgan fingerprint density at radius 1 is 1.29 bits per heavy atom. The average molecular weight is 239 g/mol. The van der Waals surface area contributed by atoms with Gasteiger partial charge in [0.05, 0.1) is 6.42 Å². The molecule has 0 bridgehead atoms. The molecule has 1 aliphatic heterocycles. The fourth-order valence-electron chi connectivity index (χ4n) is 2.34. The zero-order chi connectivity index (χ0) is 12.8. The van der Waals surface area contributed by atoms with Gasteiger partial charge < -0.3 is 4.74 Å². The van der Waals surface area contributed by atoms with Gasteiger partial charge in [0, 0.05) is 0 Å². The molecule has 2 amide bonds. The minimum absolute atomic E-state index is 0.139. The molecule has 2 aliphatic rings. The monoisotopic (exact) mass is 239 g/mol. The topological polar surface area (TPSA) is 63.7 Å². The van der Waals surface area contributed by atoms with Crippen molar-refractivity contribution in [2.24, 2.45) is 0 Å². The van der Waals surface area contributed by atoms with Crippen LogP contribution in [0.1, 0.15) is 46.5 Å². The number of rotatable bonds is 0. The minimum Gasteiger partial charge on any atom is -0.443 e. The lowest BCUT2D eigenvalue weighted by atomic mass is 9.74. The van der Waals surface area contributed by atoms with Crippen LogP contribution in [-0.4, -0.2) is 33.8 Å². The summed E-state index contributed by atoms with van der Waals surface area (Å²) in [6.45, 7) is 5.21. The Bertz CT molecular complexity index is 390. The Morgan fingerprint density at radius 2 is 1.88 bits per heavy atom. The van der Waals surface area contributed by atoms with E-state index in [0.717, 1.165) is 11.3 Å². The summed E-state index contributed by atoms with van der Waals surface area (Å²) < 4.78 is 5.19. The number of carbonyl (C=O) groups is 3. The largest absolute Gasteiger partial charge is 0.443 e. The zero-order valence-corrected chi connectivity index (χ0v) is 10.4. The maximum Gasteiger partial charge on any atom is 0.417 e. The predicted octanol–water partition coefficient (Wildman–Crippen LogP) is 1.65. The highest BCUT2D eigenvalue weighted by Gasteiger charge is 2.59. The van der Waals surface area contributed by atoms with Crippen LogP contribution in [0.2, 0.25) is 0 Å². The number of nitrogens with zero attached hydrogens (tertiary/aromatic N) is 1. The summed E-state index contributed by atoms with van der Waals surface area (Å²) in [6.07, 6.45) is 1.18. The van der Waals surface area contributed by atoms with Gasteiger partial charge in [-0.25, -0.2) is 9.69 Å². The van der Waals surface area contributed by atoms with Crippen molar-refractivity contribution >= 4 is 17.8 Å². The number of ether oxygens (including phenoxy) is 1. The van der Waals surface area contributed by atoms with Crippen LogP contribution in [0, 0.1) is 0 Å². The van der Waals surface area contributed by atoms with Gasteiger partial charge in [-0.05, 0) is 40.0 Å². The van der Waals surface area contributed by atoms with Gasteiger partial charge in [0.2, 0.25) is 5.91 Å². The van der Waals surface area contributed by atoms with Gasteiger partial charge in [0.15, 0.2) is 5.78 Å². The van der Waals surface area contributed by atoms with Crippen molar-refractivity contribution in [2.75, 3.05) is 0 Å². The third kappa shape index (κ3) is 1.83. The number of Topliss-reactive ketones (excluding diaryl/α,β-unsaturated/α-hetero) is 1. The number of hydrogen-bond donors (Lipinski definition) is 0. The highest BCUT2D eigenvalue weighted by Crippen LogP contribution is 2.44. The van der Waals surface area contributed by atoms with Crippen LogP contribution in [0.3, 0.4) is 0 Å². The van der Waals surface area contributed by atoms with Crippen LogP contribution in [0.15, 0.2) is 0 Å². The molecular formula is C12H17NO4. The fourth-order valence-corrected chi connectivity index (χ4v) is 2.34. The molecule has 0 radical (unpaired) electrons. The molecule has 5 heteroatoms. The predicted molar refractivity (Wildman–Crippen MR) is 59.3 cm³/mol. The van der Waals surface area contributed by atoms with Gasteiger partial charge >= 0.3 is 6.09 Å². The Labute approximate surface area is 100 Å². The number of ketones is 1. The summed E-state index contributed by atoms with van der Waals surface area (Å²) in [4.78, 5) is 36.5. The first-order chi connectivity index (χ1) is 7.76. The highest BCUT2D eigenvalue weighted by molar-refractivity contribution is 6.16. The summed E-state index contributed by atoms with van der Waals surface area (Å²) in [7, 11) is 0. The molecule has 0 aromatic carbocycles. The first-order valence-electron chi connectivity index (χ1n) is 5.86. The normalized spacial score (nSPS) is 22.9. The lowest BCUT2D eigenvalue weighted by Crippen LogP contribution is -2.57. The summed E-state index contributed by atoms with van der Waals surface area (Å²) in [5.74, 6) is -0.566. The summed E-state index contributed by atoms with van der Waals surface area (Å²) in [5, 5.41) is 0. The van der Waals surface area contributed by atoms with Gasteiger partial charge in [0.1, 0.15) is 11.1 Å². The van der Waals surface area contributed by atoms with E-state index in [4.69, 9.17) is 4.74 Å². The van der Waals surface area contributed by atoms with Crippen LogP contribution in [0.5, 0.6) is 0 Å². The van der Waals surface area contributed by atoms with Gasteiger partial charge in [-0.1, -0.05) is 0 Å². The molecule has 0 atom stereocenters. The van der Waals surface area contributed by atoms with Crippen molar-refractivity contribution in [3.8, 4) is 0 Å². The zero-order valence-electron chi connectivity index (χ0n) is 10.4. The van der Waals surface area contributed by atoms with E-state index in [2.05, 4.69) is 0 Å². The summed E-state index contributed by atoms with van der Waals surface area (Å²) in [6, 6.07) is 0. The second kappa shape index (κ2) is 3.55. The van der Waals surface area contributed by atoms with Crippen molar-refractivity contribution in [1.29, 1.82) is 0 Å². The molecule has 1 saturated carbocycles. The van der Waals surface area contributed by atoms with E-state index in [1.807, 2.05) is 0 Å². The van der Waals surface area contributed by atoms with Gasteiger partial charge in [-0.2, -0.15) is 0 Å². The van der Waals surface area contributed by atoms with E-state index in [1.54, 1.807) is 20.8 Å². The second-order valence-corrected chi connectivity index (χ2v) is 5.69. The molecular weight excluding hydrogens is 222 g/mol. The molecule has 0 aromatic heterocycles. The number of imide groups is 1. The van der Waals surface area contributed by atoms with Crippen LogP contribution >= 0.6 is 0 Å². The van der Waals surface area contributed by atoms with Crippen LogP contribution in [-0.2, 0) is 14.3 Å². The van der Waals surface area contributed by atoms with E-state index >= 15 is 0 Å². The van der Waals surface area contributed by atoms with Crippen LogP contribution in [0.25, 0.3) is 0 Å². The van der Waals surface area contributed by atoms with Crippen LogP contribution in [0.4, 0.5) is 4.79 Å². The van der Waals surface area contributed by atoms with Crippen molar-refractivity contribution in [3.63, 3.8) is 0 Å². The van der Waals surface area contributed by atoms with Crippen molar-refractivity contribution in [3.05, 3.63) is 0 Å². The Balaban J connectivity index is 2.22. The lowest BCUT2D eigenvalue weighted by molar-refractivity contribution is -0.136. The number of likely N-dealkylation sites (tertiary alicyclic amines) is 1. The third-order valence-electron chi connectivity index (χ3n) is 3.27. The van der Waals surface area contributed by atoms with Gasteiger partial charge in [-0.3, -0.25) is 9.59 Å². The molecule has 0 unspecified atom stereocenters. The first-order valence-corrected chi connectivity index (χ1v) is 5.86. The van der Waals surface area contributed by atoms with E-state index in [-0.39, 0.29) is 12.2 Å². The molecule has 5 nitrogen and oxygen atoms in total. The minimum atomic E-state index is -0.876. The Hall–Kier alpha value is -1.39. The molecule has 0 aromatic rings. The second-order valence-electron chi connectivity index (χ2n) is 5.69. The number of carbonyl (C=O) groups excluding carboxylic acids is 3. The van der Waals surface area contributed by atoms with Crippen molar-refractivity contribution in [1.82, 2.24) is 4.90 Å². The van der Waals surface area contributed by atoms with Crippen molar-refractivity contribution in [2.45, 2.75) is 57.6 Å². The molecule has 1 spiro atoms. The average Bonchev–Trinajstić information content (AvgIpc) is 2.32. The molecule has 2 fully saturated rings. The molecule has 2 rings (SSSR count). The van der Waals surface area contributed by atoms with E-state index in [1.165, 1.54) is 0 Å². The summed E-state index contributed by atoms with van der Waals surface area (Å²) in [5.41, 5.74) is -1.53. The van der Waals surface area contributed by atoms with Gasteiger partial charge in [-0.15, -0.1) is 0 Å². The number of amides is 2. The molecule has 0 N–H and O–H groups in total. The Morgan fingerprint density at radius 3 is 2.29 bits per heavy atom. The number of hydrogen-bond acceptors (Lipinski definition) is 4. The lowest BCUT2D eigenvalue weighted by Gasteiger charge is -2.42.